The van der Waals surface area contributed by atoms with Crippen LogP contribution in [0.5, 0.6) is 0 Å². The maximum atomic E-state index is 12.8. The molecular weight excluding hydrogens is 324 g/mol. The third kappa shape index (κ3) is 2.79. The lowest BCUT2D eigenvalue weighted by molar-refractivity contribution is 0.558. The van der Waals surface area contributed by atoms with Crippen molar-refractivity contribution >= 4 is 34.4 Å². The molecule has 3 nitrogen and oxygen atoms in total. The van der Waals surface area contributed by atoms with Gasteiger partial charge in [0.2, 0.25) is 0 Å². The van der Waals surface area contributed by atoms with E-state index < -0.39 is 0 Å². The molecule has 0 fully saturated rings. The molecule has 2 aromatic carbocycles. The Hall–Kier alpha value is -1.72. The molecule has 1 aliphatic heterocycles. The van der Waals surface area contributed by atoms with Gasteiger partial charge in [-0.25, -0.2) is 4.98 Å². The number of benzene rings is 2. The van der Waals surface area contributed by atoms with Crippen molar-refractivity contribution in [3.05, 3.63) is 64.4 Å². The first-order valence-corrected chi connectivity index (χ1v) is 9.53. The van der Waals surface area contributed by atoms with Gasteiger partial charge in [-0.05, 0) is 31.2 Å². The van der Waals surface area contributed by atoms with Crippen LogP contribution < -0.4 is 5.56 Å². The first-order valence-electron chi connectivity index (χ1n) is 7.56. The highest BCUT2D eigenvalue weighted by Gasteiger charge is 2.26. The Balaban J connectivity index is 1.65. The van der Waals surface area contributed by atoms with E-state index in [1.165, 1.54) is 10.5 Å². The fourth-order valence-corrected chi connectivity index (χ4v) is 5.20. The summed E-state index contributed by atoms with van der Waals surface area (Å²) >= 11 is 3.49. The van der Waals surface area contributed by atoms with Crippen LogP contribution in [-0.4, -0.2) is 21.1 Å². The zero-order valence-corrected chi connectivity index (χ0v) is 14.4. The minimum absolute atomic E-state index is 0.0884. The van der Waals surface area contributed by atoms with Crippen molar-refractivity contribution in [2.75, 3.05) is 11.5 Å². The van der Waals surface area contributed by atoms with Crippen molar-refractivity contribution in [3.8, 4) is 0 Å². The van der Waals surface area contributed by atoms with Crippen LogP contribution in [0.2, 0.25) is 0 Å². The zero-order chi connectivity index (χ0) is 15.8. The van der Waals surface area contributed by atoms with Gasteiger partial charge < -0.3 is 0 Å². The van der Waals surface area contributed by atoms with Gasteiger partial charge in [0.1, 0.15) is 0 Å². The van der Waals surface area contributed by atoms with Gasteiger partial charge in [-0.2, -0.15) is 0 Å². The van der Waals surface area contributed by atoms with Gasteiger partial charge >= 0.3 is 0 Å². The standard InChI is InChI=1S/C18H16N2OS2/c1-12-5-4-6-14(9-12)22-10-13-11-23-18-19-16-8-3-2-7-15(16)17(21)20(13)18/h2-9,13H,10-11H2,1H3. The Labute approximate surface area is 143 Å². The molecule has 2 heterocycles. The number of aromatic nitrogens is 2. The van der Waals surface area contributed by atoms with Crippen LogP contribution in [0, 0.1) is 6.92 Å². The molecule has 0 amide bonds. The molecule has 3 aromatic rings. The van der Waals surface area contributed by atoms with E-state index in [1.807, 2.05) is 40.6 Å². The number of rotatable bonds is 3. The number of fused-ring (bicyclic) bond motifs is 2. The van der Waals surface area contributed by atoms with Gasteiger partial charge in [0.05, 0.1) is 16.9 Å². The van der Waals surface area contributed by atoms with E-state index in [1.54, 1.807) is 11.8 Å². The summed E-state index contributed by atoms with van der Waals surface area (Å²) in [5.74, 6) is 1.81. The molecule has 1 unspecified atom stereocenters. The van der Waals surface area contributed by atoms with Gasteiger partial charge in [0.25, 0.3) is 5.56 Å². The van der Waals surface area contributed by atoms with Crippen LogP contribution in [0.15, 0.2) is 63.4 Å². The second-order valence-electron chi connectivity index (χ2n) is 5.68. The summed E-state index contributed by atoms with van der Waals surface area (Å²) in [5.41, 5.74) is 2.15. The summed E-state index contributed by atoms with van der Waals surface area (Å²) in [4.78, 5) is 18.7. The minimum Gasteiger partial charge on any atom is -0.282 e. The van der Waals surface area contributed by atoms with Crippen molar-refractivity contribution < 1.29 is 0 Å². The Bertz CT molecular complexity index is 936. The molecular formula is C18H16N2OS2. The van der Waals surface area contributed by atoms with Crippen LogP contribution in [0.25, 0.3) is 10.9 Å². The van der Waals surface area contributed by atoms with Crippen LogP contribution in [0.1, 0.15) is 11.6 Å². The molecule has 0 N–H and O–H groups in total. The monoisotopic (exact) mass is 340 g/mol. The van der Waals surface area contributed by atoms with Gasteiger partial charge in [-0.15, -0.1) is 11.8 Å². The largest absolute Gasteiger partial charge is 0.282 e. The predicted molar refractivity (Wildman–Crippen MR) is 97.7 cm³/mol. The van der Waals surface area contributed by atoms with E-state index in [2.05, 4.69) is 36.2 Å². The lowest BCUT2D eigenvalue weighted by atomic mass is 10.2. The van der Waals surface area contributed by atoms with E-state index in [9.17, 15) is 4.79 Å². The smallest absolute Gasteiger partial charge is 0.262 e. The normalized spacial score (nSPS) is 16.7. The second kappa shape index (κ2) is 6.06. The summed E-state index contributed by atoms with van der Waals surface area (Å²) in [6.07, 6.45) is 0. The van der Waals surface area contributed by atoms with Crippen molar-refractivity contribution in [3.63, 3.8) is 0 Å². The molecule has 0 saturated carbocycles. The molecule has 116 valence electrons. The Morgan fingerprint density at radius 3 is 3.00 bits per heavy atom. The minimum atomic E-state index is 0.0884. The first-order chi connectivity index (χ1) is 11.2. The zero-order valence-electron chi connectivity index (χ0n) is 12.7. The molecule has 5 heteroatoms. The lowest BCUT2D eigenvalue weighted by Gasteiger charge is -2.13. The molecule has 1 aromatic heterocycles. The van der Waals surface area contributed by atoms with Crippen LogP contribution in [0.4, 0.5) is 0 Å². The molecule has 4 rings (SSSR count). The van der Waals surface area contributed by atoms with Crippen molar-refractivity contribution in [1.82, 2.24) is 9.55 Å². The number of nitrogens with zero attached hydrogens (tertiary/aromatic N) is 2. The Morgan fingerprint density at radius 1 is 1.26 bits per heavy atom. The molecule has 0 spiro atoms. The van der Waals surface area contributed by atoms with Gasteiger partial charge in [-0.1, -0.05) is 41.6 Å². The van der Waals surface area contributed by atoms with Crippen molar-refractivity contribution in [2.45, 2.75) is 23.0 Å². The van der Waals surface area contributed by atoms with Gasteiger partial charge in [-0.3, -0.25) is 9.36 Å². The predicted octanol–water partition coefficient (Wildman–Crippen LogP) is 4.14. The van der Waals surface area contributed by atoms with Crippen molar-refractivity contribution in [2.24, 2.45) is 0 Å². The molecule has 0 bridgehead atoms. The third-order valence-electron chi connectivity index (χ3n) is 3.98. The van der Waals surface area contributed by atoms with Crippen LogP contribution >= 0.6 is 23.5 Å². The number of para-hydroxylation sites is 1. The maximum absolute atomic E-state index is 12.8. The highest BCUT2D eigenvalue weighted by molar-refractivity contribution is 8.00. The molecule has 1 aliphatic rings. The topological polar surface area (TPSA) is 34.9 Å². The lowest BCUT2D eigenvalue weighted by Crippen LogP contribution is -2.25. The van der Waals surface area contributed by atoms with E-state index in [-0.39, 0.29) is 11.6 Å². The Kier molecular flexibility index (Phi) is 3.91. The van der Waals surface area contributed by atoms with E-state index >= 15 is 0 Å². The average molecular weight is 340 g/mol. The molecule has 0 aliphatic carbocycles. The molecule has 0 saturated heterocycles. The van der Waals surface area contributed by atoms with E-state index in [0.29, 0.717) is 5.39 Å². The first kappa shape index (κ1) is 14.8. The van der Waals surface area contributed by atoms with E-state index in [0.717, 1.165) is 22.2 Å². The fourth-order valence-electron chi connectivity index (χ4n) is 2.81. The maximum Gasteiger partial charge on any atom is 0.262 e. The highest BCUT2D eigenvalue weighted by atomic mass is 32.2. The van der Waals surface area contributed by atoms with Crippen LogP contribution in [-0.2, 0) is 0 Å². The highest BCUT2D eigenvalue weighted by Crippen LogP contribution is 2.34. The van der Waals surface area contributed by atoms with Crippen molar-refractivity contribution in [1.29, 1.82) is 0 Å². The molecule has 23 heavy (non-hydrogen) atoms. The van der Waals surface area contributed by atoms with E-state index in [4.69, 9.17) is 0 Å². The van der Waals surface area contributed by atoms with Gasteiger partial charge in [0, 0.05) is 16.4 Å². The summed E-state index contributed by atoms with van der Waals surface area (Å²) in [6.45, 7) is 2.10. The summed E-state index contributed by atoms with van der Waals surface area (Å²) < 4.78 is 1.88. The number of hydrogen-bond donors (Lipinski definition) is 0. The second-order valence-corrected chi connectivity index (χ2v) is 7.76. The quantitative estimate of drug-likeness (QED) is 0.530. The molecule has 1 atom stereocenters. The molecule has 0 radical (unpaired) electrons. The third-order valence-corrected chi connectivity index (χ3v) is 6.21. The van der Waals surface area contributed by atoms with Crippen LogP contribution in [0.3, 0.4) is 0 Å². The summed E-state index contributed by atoms with van der Waals surface area (Å²) in [7, 11) is 0. The number of hydrogen-bond acceptors (Lipinski definition) is 4. The van der Waals surface area contributed by atoms with Gasteiger partial charge in [0.15, 0.2) is 5.16 Å². The summed E-state index contributed by atoms with van der Waals surface area (Å²) in [6, 6.07) is 16.3. The Morgan fingerprint density at radius 2 is 2.13 bits per heavy atom. The number of thioether (sulfide) groups is 2. The fraction of sp³-hybridized carbons (Fsp3) is 0.222. The average Bonchev–Trinajstić information content (AvgIpc) is 2.96. The number of aryl methyl sites for hydroxylation is 1. The SMILES string of the molecule is Cc1cccc(SCC2CSc3nc4ccccc4c(=O)n32)c1. The summed E-state index contributed by atoms with van der Waals surface area (Å²) in [5, 5.41) is 1.56.